The van der Waals surface area contributed by atoms with Crippen LogP contribution < -0.4 is 9.84 Å². The molecular formula is C13H10ClN2O5S-. The Balaban J connectivity index is 2.38. The van der Waals surface area contributed by atoms with Crippen molar-refractivity contribution in [3.63, 3.8) is 0 Å². The quantitative estimate of drug-likeness (QED) is 0.652. The van der Waals surface area contributed by atoms with Gasteiger partial charge in [0.25, 0.3) is 5.22 Å². The van der Waals surface area contributed by atoms with E-state index in [1.54, 1.807) is 6.92 Å². The molecule has 0 radical (unpaired) electrons. The Hall–Kier alpha value is -2.19. The Morgan fingerprint density at radius 3 is 2.77 bits per heavy atom. The first kappa shape index (κ1) is 16.2. The number of hydrogen-bond acceptors (Lipinski definition) is 7. The third-order valence-electron chi connectivity index (χ3n) is 2.47. The van der Waals surface area contributed by atoms with Crippen LogP contribution in [0.3, 0.4) is 0 Å². The Bertz CT molecular complexity index is 744. The van der Waals surface area contributed by atoms with Crippen LogP contribution in [-0.4, -0.2) is 28.4 Å². The minimum Gasteiger partial charge on any atom is -0.869 e. The molecule has 0 aliphatic heterocycles. The van der Waals surface area contributed by atoms with E-state index in [4.69, 9.17) is 20.8 Å². The highest BCUT2D eigenvalue weighted by Crippen LogP contribution is 2.34. The number of benzene rings is 1. The maximum atomic E-state index is 11.6. The molecule has 2 aromatic rings. The van der Waals surface area contributed by atoms with Gasteiger partial charge in [0.2, 0.25) is 5.89 Å². The van der Waals surface area contributed by atoms with Crippen molar-refractivity contribution in [2.75, 3.05) is 7.11 Å². The van der Waals surface area contributed by atoms with Crippen molar-refractivity contribution in [3.8, 4) is 11.5 Å². The molecule has 0 spiro atoms. The minimum atomic E-state index is -1.18. The predicted molar refractivity (Wildman–Crippen MR) is 78.0 cm³/mol. The molecule has 1 aromatic carbocycles. The topological polar surface area (TPSA) is 109 Å². The van der Waals surface area contributed by atoms with Crippen LogP contribution in [0, 0.1) is 6.92 Å². The molecule has 2 rings (SSSR count). The number of carboxylic acid groups (broad SMARTS) is 1. The summed E-state index contributed by atoms with van der Waals surface area (Å²) < 4.78 is 10.0. The summed E-state index contributed by atoms with van der Waals surface area (Å²) >= 11 is 6.60. The van der Waals surface area contributed by atoms with E-state index in [9.17, 15) is 15.0 Å². The lowest BCUT2D eigenvalue weighted by Crippen LogP contribution is -1.99. The maximum absolute atomic E-state index is 11.6. The molecule has 7 nitrogen and oxygen atoms in total. The van der Waals surface area contributed by atoms with Crippen molar-refractivity contribution in [1.82, 2.24) is 10.2 Å². The molecule has 0 bridgehead atoms. The van der Waals surface area contributed by atoms with Crippen molar-refractivity contribution in [1.29, 1.82) is 0 Å². The van der Waals surface area contributed by atoms with Crippen molar-refractivity contribution in [3.05, 3.63) is 33.5 Å². The minimum absolute atomic E-state index is 0.0297. The Morgan fingerprint density at radius 1 is 1.50 bits per heavy atom. The van der Waals surface area contributed by atoms with E-state index in [0.717, 1.165) is 11.8 Å². The molecule has 116 valence electrons. The number of rotatable bonds is 5. The van der Waals surface area contributed by atoms with Gasteiger partial charge in [-0.1, -0.05) is 11.6 Å². The third kappa shape index (κ3) is 3.71. The lowest BCUT2D eigenvalue weighted by atomic mass is 10.2. The lowest BCUT2D eigenvalue weighted by molar-refractivity contribution is -0.269. The lowest BCUT2D eigenvalue weighted by Gasteiger charge is -2.15. The van der Waals surface area contributed by atoms with Gasteiger partial charge in [0.15, 0.2) is 0 Å². The maximum Gasteiger partial charge on any atom is 0.342 e. The summed E-state index contributed by atoms with van der Waals surface area (Å²) in [4.78, 5) is 11.2. The molecule has 0 aliphatic carbocycles. The zero-order valence-corrected chi connectivity index (χ0v) is 13.1. The van der Waals surface area contributed by atoms with E-state index in [0.29, 0.717) is 11.5 Å². The molecule has 0 atom stereocenters. The number of aliphatic carboxylic acids is 1. The van der Waals surface area contributed by atoms with E-state index in [-0.39, 0.29) is 20.9 Å². The summed E-state index contributed by atoms with van der Waals surface area (Å²) in [5, 5.41) is 28.3. The predicted octanol–water partition coefficient (Wildman–Crippen LogP) is 2.33. The average molecular weight is 342 g/mol. The number of carboxylic acids is 1. The number of nitrogens with zero attached hydrogens (tertiary/aromatic N) is 2. The first-order chi connectivity index (χ1) is 10.4. The van der Waals surface area contributed by atoms with Gasteiger partial charge in [-0.25, -0.2) is 4.79 Å². The summed E-state index contributed by atoms with van der Waals surface area (Å²) in [6.07, 6.45) is 1.33. The van der Waals surface area contributed by atoms with Gasteiger partial charge in [-0.2, -0.15) is 0 Å². The van der Waals surface area contributed by atoms with Crippen LogP contribution in [0.1, 0.15) is 11.5 Å². The van der Waals surface area contributed by atoms with Gasteiger partial charge in [0, 0.05) is 11.9 Å². The van der Waals surface area contributed by atoms with E-state index in [1.165, 1.54) is 25.3 Å². The Kier molecular flexibility index (Phi) is 4.94. The summed E-state index contributed by atoms with van der Waals surface area (Å²) in [6.45, 7) is 1.60. The molecule has 1 N–H and O–H groups in total. The Morgan fingerprint density at radius 2 is 2.23 bits per heavy atom. The molecule has 9 heteroatoms. The Labute approximate surface area is 134 Å². The smallest absolute Gasteiger partial charge is 0.342 e. The van der Waals surface area contributed by atoms with Gasteiger partial charge >= 0.3 is 5.97 Å². The fraction of sp³-hybridized carbons (Fsp3) is 0.154. The van der Waals surface area contributed by atoms with Crippen molar-refractivity contribution in [2.45, 2.75) is 12.1 Å². The van der Waals surface area contributed by atoms with E-state index >= 15 is 0 Å². The second-order valence-corrected chi connectivity index (χ2v) is 5.44. The number of halogens is 1. The number of aromatic nitrogens is 2. The molecule has 0 aliphatic rings. The number of carbonyl (C=O) groups is 1. The van der Waals surface area contributed by atoms with Crippen molar-refractivity contribution < 1.29 is 24.2 Å². The summed E-state index contributed by atoms with van der Waals surface area (Å²) in [6, 6.07) is 2.76. The van der Waals surface area contributed by atoms with Gasteiger partial charge in [-0.3, -0.25) is 0 Å². The largest absolute Gasteiger partial charge is 0.869 e. The third-order valence-corrected chi connectivity index (χ3v) is 3.60. The van der Waals surface area contributed by atoms with Crippen LogP contribution in [0.4, 0.5) is 0 Å². The van der Waals surface area contributed by atoms with Crippen LogP contribution in [0.25, 0.3) is 6.08 Å². The normalized spacial score (nSPS) is 11.5. The molecule has 0 amide bonds. The summed E-state index contributed by atoms with van der Waals surface area (Å²) in [7, 11) is 1.33. The van der Waals surface area contributed by atoms with Crippen LogP contribution >= 0.6 is 23.4 Å². The van der Waals surface area contributed by atoms with E-state index in [2.05, 4.69) is 10.2 Å². The van der Waals surface area contributed by atoms with Crippen LogP contribution in [-0.2, 0) is 4.79 Å². The van der Waals surface area contributed by atoms with Crippen LogP contribution in [0.5, 0.6) is 11.5 Å². The first-order valence-electron chi connectivity index (χ1n) is 5.88. The summed E-state index contributed by atoms with van der Waals surface area (Å²) in [5.41, 5.74) is 0.405. The molecular weight excluding hydrogens is 332 g/mol. The van der Waals surface area contributed by atoms with Gasteiger partial charge in [-0.15, -0.1) is 10.2 Å². The number of aryl methyl sites for hydroxylation is 1. The molecule has 0 unspecified atom stereocenters. The fourth-order valence-electron chi connectivity index (χ4n) is 1.52. The van der Waals surface area contributed by atoms with Gasteiger partial charge in [-0.05, 0) is 41.3 Å². The zero-order chi connectivity index (χ0) is 16.3. The molecule has 1 heterocycles. The van der Waals surface area contributed by atoms with Crippen LogP contribution in [0.15, 0.2) is 26.7 Å². The number of hydrogen-bond donors (Lipinski definition) is 1. The number of thioether (sulfide) groups is 1. The highest BCUT2D eigenvalue weighted by molar-refractivity contribution is 8.03. The number of ether oxygens (including phenoxy) is 1. The van der Waals surface area contributed by atoms with E-state index < -0.39 is 11.7 Å². The second kappa shape index (κ2) is 6.71. The van der Waals surface area contributed by atoms with Crippen molar-refractivity contribution in [2.24, 2.45) is 0 Å². The van der Waals surface area contributed by atoms with Gasteiger partial charge in [0.05, 0.1) is 7.11 Å². The molecule has 0 saturated heterocycles. The highest BCUT2D eigenvalue weighted by Gasteiger charge is 2.14. The molecule has 1 aromatic heterocycles. The molecule has 0 saturated carbocycles. The van der Waals surface area contributed by atoms with Gasteiger partial charge < -0.3 is 19.4 Å². The monoisotopic (exact) mass is 341 g/mol. The highest BCUT2D eigenvalue weighted by atomic mass is 35.5. The second-order valence-electron chi connectivity index (χ2n) is 4.04. The average Bonchev–Trinajstić information content (AvgIpc) is 2.87. The number of methoxy groups -OCH3 is 1. The molecule has 0 fully saturated rings. The van der Waals surface area contributed by atoms with Gasteiger partial charge in [0.1, 0.15) is 10.7 Å². The van der Waals surface area contributed by atoms with Crippen LogP contribution in [0.2, 0.25) is 5.02 Å². The zero-order valence-electron chi connectivity index (χ0n) is 11.5. The first-order valence-corrected chi connectivity index (χ1v) is 7.07. The SMILES string of the molecule is COc1cc(/C=C(/Sc2nnc(C)o2)C(=O)O)cc(Cl)c1[O-]. The standard InChI is InChI=1S/C13H11ClN2O5S/c1-6-15-16-13(21-6)22-10(12(18)19)5-7-3-8(14)11(17)9(4-7)20-2/h3-5,17H,1-2H3,(H,18,19)/p-1/b10-5+. The summed E-state index contributed by atoms with van der Waals surface area (Å²) in [5.74, 6) is -1.28. The fourth-order valence-corrected chi connectivity index (χ4v) is 2.46. The van der Waals surface area contributed by atoms with Crippen molar-refractivity contribution >= 4 is 35.4 Å². The van der Waals surface area contributed by atoms with E-state index in [1.807, 2.05) is 0 Å². The molecule has 22 heavy (non-hydrogen) atoms.